The highest BCUT2D eigenvalue weighted by molar-refractivity contribution is 7.54. The number of rotatable bonds is 16. The highest BCUT2D eigenvalue weighted by Crippen LogP contribution is 2.49. The maximum absolute atomic E-state index is 13.1. The molecule has 0 aliphatic heterocycles. The smallest absolute Gasteiger partial charge is 0.379 e. The largest absolute Gasteiger partial charge is 0.424 e. The number of nitro groups is 1. The summed E-state index contributed by atoms with van der Waals surface area (Å²) in [7, 11) is -3.25. The first kappa shape index (κ1) is 23.6. The molecule has 0 spiro atoms. The van der Waals surface area contributed by atoms with Crippen LogP contribution < -0.4 is 4.52 Å². The van der Waals surface area contributed by atoms with Crippen LogP contribution in [0, 0.1) is 10.1 Å². The molecule has 0 bridgehead atoms. The molecule has 0 radical (unpaired) electrons. The predicted molar refractivity (Wildman–Crippen MR) is 110 cm³/mol. The number of benzene rings is 1. The lowest BCUT2D eigenvalue weighted by Crippen LogP contribution is -2.04. The molecular formula is C20H34NO5P. The number of unbranched alkanes of at least 4 members (excludes halogenated alkanes) is 8. The van der Waals surface area contributed by atoms with Gasteiger partial charge in [0.05, 0.1) is 17.7 Å². The first-order chi connectivity index (χ1) is 13.0. The van der Waals surface area contributed by atoms with Gasteiger partial charge < -0.3 is 4.52 Å². The van der Waals surface area contributed by atoms with Gasteiger partial charge in [0, 0.05) is 12.1 Å². The molecule has 1 aromatic rings. The lowest BCUT2D eigenvalue weighted by Gasteiger charge is -2.19. The Balaban J connectivity index is 2.56. The monoisotopic (exact) mass is 399 g/mol. The second kappa shape index (κ2) is 13.7. The van der Waals surface area contributed by atoms with E-state index in [2.05, 4.69) is 13.8 Å². The Morgan fingerprint density at radius 3 is 2.04 bits per heavy atom. The summed E-state index contributed by atoms with van der Waals surface area (Å²) < 4.78 is 24.5. The number of nitro benzene ring substituents is 1. The van der Waals surface area contributed by atoms with Gasteiger partial charge in [0.1, 0.15) is 5.75 Å². The van der Waals surface area contributed by atoms with Gasteiger partial charge in [-0.15, -0.1) is 0 Å². The van der Waals surface area contributed by atoms with E-state index in [0.717, 1.165) is 38.5 Å². The molecule has 0 aromatic heterocycles. The molecule has 1 unspecified atom stereocenters. The summed E-state index contributed by atoms with van der Waals surface area (Å²) in [6.07, 6.45) is 11.1. The van der Waals surface area contributed by atoms with E-state index in [0.29, 0.717) is 18.5 Å². The Hall–Kier alpha value is -1.39. The van der Waals surface area contributed by atoms with Crippen molar-refractivity contribution in [1.82, 2.24) is 0 Å². The molecule has 0 amide bonds. The molecule has 1 aromatic carbocycles. The van der Waals surface area contributed by atoms with Gasteiger partial charge in [-0.3, -0.25) is 14.6 Å². The van der Waals surface area contributed by atoms with Crippen LogP contribution in [0.2, 0.25) is 0 Å². The third-order valence-corrected chi connectivity index (χ3v) is 6.29. The Morgan fingerprint density at radius 1 is 0.889 bits per heavy atom. The van der Waals surface area contributed by atoms with Gasteiger partial charge in [0.25, 0.3) is 5.69 Å². The van der Waals surface area contributed by atoms with Crippen LogP contribution in [0.15, 0.2) is 24.3 Å². The zero-order valence-electron chi connectivity index (χ0n) is 16.7. The van der Waals surface area contributed by atoms with Gasteiger partial charge in [-0.1, -0.05) is 65.2 Å². The highest BCUT2D eigenvalue weighted by atomic mass is 31.2. The maximum Gasteiger partial charge on any atom is 0.379 e. The molecule has 0 aliphatic rings. The molecule has 154 valence electrons. The zero-order valence-corrected chi connectivity index (χ0v) is 17.6. The van der Waals surface area contributed by atoms with Crippen LogP contribution in [0.3, 0.4) is 0 Å². The van der Waals surface area contributed by atoms with Crippen LogP contribution in [-0.2, 0) is 9.09 Å². The molecule has 0 fully saturated rings. The quantitative estimate of drug-likeness (QED) is 0.128. The van der Waals surface area contributed by atoms with Gasteiger partial charge in [-0.05, 0) is 25.0 Å². The predicted octanol–water partition coefficient (Wildman–Crippen LogP) is 7.12. The van der Waals surface area contributed by atoms with Crippen molar-refractivity contribution in [1.29, 1.82) is 0 Å². The molecule has 0 aliphatic carbocycles. The minimum Gasteiger partial charge on any atom is -0.424 e. The van der Waals surface area contributed by atoms with Gasteiger partial charge in [-0.25, -0.2) is 4.57 Å². The number of hydrogen-bond acceptors (Lipinski definition) is 5. The minimum absolute atomic E-state index is 0.0203. The molecule has 0 saturated carbocycles. The number of nitrogens with zero attached hydrogens (tertiary/aromatic N) is 1. The van der Waals surface area contributed by atoms with E-state index in [-0.39, 0.29) is 5.69 Å². The third-order valence-electron chi connectivity index (χ3n) is 4.36. The second-order valence-electron chi connectivity index (χ2n) is 6.84. The van der Waals surface area contributed by atoms with Crippen molar-refractivity contribution in [3.05, 3.63) is 34.4 Å². The van der Waals surface area contributed by atoms with Crippen LogP contribution in [-0.4, -0.2) is 17.7 Å². The van der Waals surface area contributed by atoms with Gasteiger partial charge >= 0.3 is 7.60 Å². The Morgan fingerprint density at radius 2 is 1.44 bits per heavy atom. The molecule has 7 heteroatoms. The summed E-state index contributed by atoms with van der Waals surface area (Å²) in [5, 5.41) is 10.8. The van der Waals surface area contributed by atoms with Crippen molar-refractivity contribution in [3.8, 4) is 5.75 Å². The van der Waals surface area contributed by atoms with E-state index < -0.39 is 12.5 Å². The van der Waals surface area contributed by atoms with E-state index in [1.807, 2.05) is 0 Å². The van der Waals surface area contributed by atoms with Crippen LogP contribution in [0.25, 0.3) is 0 Å². The van der Waals surface area contributed by atoms with Gasteiger partial charge in [0.15, 0.2) is 0 Å². The van der Waals surface area contributed by atoms with E-state index in [9.17, 15) is 14.7 Å². The lowest BCUT2D eigenvalue weighted by molar-refractivity contribution is -0.384. The molecule has 1 rings (SSSR count). The van der Waals surface area contributed by atoms with Gasteiger partial charge in [0.2, 0.25) is 0 Å². The molecule has 0 saturated heterocycles. The summed E-state index contributed by atoms with van der Waals surface area (Å²) >= 11 is 0. The van der Waals surface area contributed by atoms with Crippen molar-refractivity contribution in [2.75, 3.05) is 12.8 Å². The van der Waals surface area contributed by atoms with Crippen molar-refractivity contribution in [2.24, 2.45) is 0 Å². The Kier molecular flexibility index (Phi) is 12.0. The molecule has 0 N–H and O–H groups in total. The van der Waals surface area contributed by atoms with E-state index in [4.69, 9.17) is 9.05 Å². The zero-order chi connectivity index (χ0) is 20.0. The minimum atomic E-state index is -3.25. The maximum atomic E-state index is 13.1. The Bertz CT molecular complexity index is 576. The fourth-order valence-corrected chi connectivity index (χ4v) is 4.48. The first-order valence-corrected chi connectivity index (χ1v) is 11.9. The summed E-state index contributed by atoms with van der Waals surface area (Å²) in [4.78, 5) is 10.3. The summed E-state index contributed by atoms with van der Waals surface area (Å²) in [6.45, 7) is 4.74. The lowest BCUT2D eigenvalue weighted by atomic mass is 10.1. The number of non-ortho nitro benzene ring substituents is 1. The average Bonchev–Trinajstić information content (AvgIpc) is 2.65. The molecule has 27 heavy (non-hydrogen) atoms. The molecule has 6 nitrogen and oxygen atoms in total. The van der Waals surface area contributed by atoms with Crippen molar-refractivity contribution in [3.63, 3.8) is 0 Å². The van der Waals surface area contributed by atoms with Crippen LogP contribution >= 0.6 is 7.60 Å². The van der Waals surface area contributed by atoms with Crippen molar-refractivity contribution >= 4 is 13.3 Å². The van der Waals surface area contributed by atoms with E-state index in [1.54, 1.807) is 0 Å². The SMILES string of the molecule is CCCCCCCCOP(=O)(CCCCCC)Oc1ccc([N+](=O)[O-])cc1. The summed E-state index contributed by atoms with van der Waals surface area (Å²) in [6, 6.07) is 5.66. The molecule has 0 heterocycles. The fourth-order valence-electron chi connectivity index (χ4n) is 2.74. The normalized spacial score (nSPS) is 13.3. The second-order valence-corrected chi connectivity index (χ2v) is 8.95. The fraction of sp³-hybridized carbons (Fsp3) is 0.700. The first-order valence-electron chi connectivity index (χ1n) is 10.2. The van der Waals surface area contributed by atoms with E-state index in [1.165, 1.54) is 49.9 Å². The number of hydrogen-bond donors (Lipinski definition) is 0. The Labute approximate surface area is 163 Å². The topological polar surface area (TPSA) is 78.7 Å². The van der Waals surface area contributed by atoms with Gasteiger partial charge in [-0.2, -0.15) is 0 Å². The standard InChI is InChI=1S/C20H34NO5P/c1-3-5-7-9-10-11-17-25-27(24,18-12-8-6-4-2)26-20-15-13-19(14-16-20)21(22)23/h13-16H,3-12,17-18H2,1-2H3. The van der Waals surface area contributed by atoms with Crippen molar-refractivity contribution < 1.29 is 18.5 Å². The highest BCUT2D eigenvalue weighted by Gasteiger charge is 2.26. The molecule has 1 atom stereocenters. The van der Waals surface area contributed by atoms with Crippen LogP contribution in [0.4, 0.5) is 5.69 Å². The average molecular weight is 399 g/mol. The third kappa shape index (κ3) is 10.5. The van der Waals surface area contributed by atoms with Crippen LogP contribution in [0.5, 0.6) is 5.75 Å². The van der Waals surface area contributed by atoms with E-state index >= 15 is 0 Å². The molecular weight excluding hydrogens is 365 g/mol. The summed E-state index contributed by atoms with van der Waals surface area (Å²) in [5.74, 6) is 0.349. The van der Waals surface area contributed by atoms with Crippen molar-refractivity contribution in [2.45, 2.75) is 78.1 Å². The summed E-state index contributed by atoms with van der Waals surface area (Å²) in [5.41, 5.74) is -0.0203. The van der Waals surface area contributed by atoms with Crippen LogP contribution in [0.1, 0.15) is 78.1 Å².